The van der Waals surface area contributed by atoms with Gasteiger partial charge in [0.05, 0.1) is 34.4 Å². The van der Waals surface area contributed by atoms with E-state index in [0.29, 0.717) is 23.9 Å². The van der Waals surface area contributed by atoms with Crippen LogP contribution in [0.4, 0.5) is 0 Å². The molecule has 0 spiro atoms. The molecular weight excluding hydrogens is 983 g/mol. The SMILES string of the molecule is CC/C=C\C/C=C\C/C=C\C/C=C\C/C=C\C/C=C\C/C=C\C/C=C\C/C=C\C/C=C\CCCCCCCCCCCCC(=O)OC(COC(=O)CCCCCCCCCCCCCCC)COC(OCC[N+](C)(C)C)C(=O)O. The maximum atomic E-state index is 12.9. The number of unbranched alkanes of at least 4 members (excludes halogenated alkanes) is 22. The van der Waals surface area contributed by atoms with Gasteiger partial charge in [-0.2, -0.15) is 0 Å². The molecule has 0 heterocycles. The van der Waals surface area contributed by atoms with Crippen molar-refractivity contribution in [2.24, 2.45) is 0 Å². The Morgan fingerprint density at radius 2 is 0.722 bits per heavy atom. The van der Waals surface area contributed by atoms with E-state index in [2.05, 4.69) is 135 Å². The summed E-state index contributed by atoms with van der Waals surface area (Å²) >= 11 is 0. The van der Waals surface area contributed by atoms with Gasteiger partial charge in [0, 0.05) is 12.8 Å². The van der Waals surface area contributed by atoms with Crippen LogP contribution in [0.3, 0.4) is 0 Å². The molecule has 1 N–H and O–H groups in total. The molecule has 0 aromatic carbocycles. The predicted octanol–water partition coefficient (Wildman–Crippen LogP) is 19.2. The van der Waals surface area contributed by atoms with Gasteiger partial charge in [-0.05, 0) is 89.9 Å². The minimum Gasteiger partial charge on any atom is -0.477 e. The highest BCUT2D eigenvalue weighted by molar-refractivity contribution is 5.71. The van der Waals surface area contributed by atoms with E-state index in [9.17, 15) is 19.5 Å². The molecule has 0 radical (unpaired) electrons. The van der Waals surface area contributed by atoms with Crippen molar-refractivity contribution >= 4 is 17.9 Å². The van der Waals surface area contributed by atoms with Crippen molar-refractivity contribution < 1.29 is 42.9 Å². The Labute approximate surface area is 485 Å². The molecule has 450 valence electrons. The van der Waals surface area contributed by atoms with Crippen LogP contribution in [0.5, 0.6) is 0 Å². The molecule has 0 aliphatic heterocycles. The third kappa shape index (κ3) is 61.2. The molecule has 2 atom stereocenters. The molecule has 9 nitrogen and oxygen atoms in total. The van der Waals surface area contributed by atoms with Crippen molar-refractivity contribution in [3.63, 3.8) is 0 Å². The Kier molecular flexibility index (Phi) is 56.5. The highest BCUT2D eigenvalue weighted by atomic mass is 16.7. The van der Waals surface area contributed by atoms with Gasteiger partial charge >= 0.3 is 17.9 Å². The predicted molar refractivity (Wildman–Crippen MR) is 336 cm³/mol. The molecule has 0 aromatic heterocycles. The number of allylic oxidation sites excluding steroid dienone is 20. The molecule has 0 bridgehead atoms. The maximum Gasteiger partial charge on any atom is 0.361 e. The van der Waals surface area contributed by atoms with Gasteiger partial charge in [-0.15, -0.1) is 0 Å². The first-order chi connectivity index (χ1) is 38.6. The summed E-state index contributed by atoms with van der Waals surface area (Å²) in [6.07, 6.45) is 81.5. The fourth-order valence-corrected chi connectivity index (χ4v) is 8.39. The molecular formula is C70H118NO8+. The number of likely N-dealkylation sites (N-methyl/N-ethyl adjacent to an activating group) is 1. The molecule has 0 aliphatic carbocycles. The van der Waals surface area contributed by atoms with Gasteiger partial charge in [-0.1, -0.05) is 264 Å². The number of quaternary nitrogens is 1. The zero-order valence-corrected chi connectivity index (χ0v) is 51.2. The fraction of sp³-hybridized carbons (Fsp3) is 0.671. The minimum atomic E-state index is -1.51. The number of nitrogens with zero attached hydrogens (tertiary/aromatic N) is 1. The number of rotatable bonds is 57. The topological polar surface area (TPSA) is 108 Å². The molecule has 0 saturated carbocycles. The number of esters is 2. The van der Waals surface area contributed by atoms with Crippen LogP contribution < -0.4 is 0 Å². The third-order valence-corrected chi connectivity index (χ3v) is 13.2. The molecule has 0 aliphatic rings. The van der Waals surface area contributed by atoms with E-state index in [1.54, 1.807) is 0 Å². The molecule has 0 saturated heterocycles. The van der Waals surface area contributed by atoms with Gasteiger partial charge in [0.15, 0.2) is 6.10 Å². The maximum absolute atomic E-state index is 12.9. The highest BCUT2D eigenvalue weighted by Crippen LogP contribution is 2.16. The van der Waals surface area contributed by atoms with Crippen LogP contribution in [-0.4, -0.2) is 87.4 Å². The lowest BCUT2D eigenvalue weighted by Crippen LogP contribution is -2.40. The standard InChI is InChI=1S/C70H117NO8/c1-6-8-10-12-14-16-18-20-21-22-23-24-25-26-27-28-29-30-31-32-33-34-35-36-37-38-39-40-41-42-43-44-45-46-47-49-51-53-55-57-59-61-68(73)79-66(65-78-70(69(74)75)76-63-62-71(3,4)5)64-77-67(72)60-58-56-54-52-50-48-19-17-15-13-11-9-7-2/h8,10,14,16,20-21,23-24,26-27,29-30,32-33,35-36,38-39,41-42,66,70H,6-7,9,11-13,15,17-19,22,25,28,31,34,37,40,43-65H2,1-5H3/p+1/b10-8-,16-14-,21-20-,24-23-,27-26-,30-29-,33-32-,36-35-,39-38-,42-41-. The Morgan fingerprint density at radius 1 is 0.392 bits per heavy atom. The summed E-state index contributed by atoms with van der Waals surface area (Å²) in [5.41, 5.74) is 0. The summed E-state index contributed by atoms with van der Waals surface area (Å²) in [6.45, 7) is 4.75. The van der Waals surface area contributed by atoms with Gasteiger partial charge < -0.3 is 28.5 Å². The van der Waals surface area contributed by atoms with Crippen molar-refractivity contribution in [2.45, 2.75) is 257 Å². The van der Waals surface area contributed by atoms with Crippen molar-refractivity contribution in [1.82, 2.24) is 0 Å². The Morgan fingerprint density at radius 3 is 1.08 bits per heavy atom. The van der Waals surface area contributed by atoms with E-state index >= 15 is 0 Å². The summed E-state index contributed by atoms with van der Waals surface area (Å²) in [5, 5.41) is 9.70. The second-order valence-electron chi connectivity index (χ2n) is 22.0. The van der Waals surface area contributed by atoms with Crippen molar-refractivity contribution in [3.05, 3.63) is 122 Å². The Bertz CT molecular complexity index is 1710. The summed E-state index contributed by atoms with van der Waals surface area (Å²) in [6, 6.07) is 0. The summed E-state index contributed by atoms with van der Waals surface area (Å²) in [5.74, 6) is -2.01. The summed E-state index contributed by atoms with van der Waals surface area (Å²) < 4.78 is 22.9. The minimum absolute atomic E-state index is 0.183. The Hall–Kier alpha value is -4.31. The zero-order chi connectivity index (χ0) is 57.6. The lowest BCUT2D eigenvalue weighted by atomic mass is 10.0. The van der Waals surface area contributed by atoms with E-state index in [1.165, 1.54) is 103 Å². The van der Waals surface area contributed by atoms with Crippen LogP contribution in [0.2, 0.25) is 0 Å². The highest BCUT2D eigenvalue weighted by Gasteiger charge is 2.25. The number of aliphatic carboxylic acids is 1. The lowest BCUT2D eigenvalue weighted by molar-refractivity contribution is -0.870. The number of carboxylic acids is 1. The second kappa shape index (κ2) is 59.8. The number of carbonyl (C=O) groups is 3. The summed E-state index contributed by atoms with van der Waals surface area (Å²) in [4.78, 5) is 37.4. The zero-order valence-electron chi connectivity index (χ0n) is 51.2. The van der Waals surface area contributed by atoms with E-state index < -0.39 is 24.3 Å². The summed E-state index contributed by atoms with van der Waals surface area (Å²) in [7, 11) is 5.96. The molecule has 0 amide bonds. The van der Waals surface area contributed by atoms with Gasteiger partial charge in [-0.3, -0.25) is 9.59 Å². The van der Waals surface area contributed by atoms with Crippen molar-refractivity contribution in [2.75, 3.05) is 47.5 Å². The van der Waals surface area contributed by atoms with Crippen LogP contribution >= 0.6 is 0 Å². The number of carboxylic acid groups (broad SMARTS) is 1. The van der Waals surface area contributed by atoms with Crippen LogP contribution in [0.15, 0.2) is 122 Å². The van der Waals surface area contributed by atoms with E-state index in [4.69, 9.17) is 18.9 Å². The number of hydrogen-bond donors (Lipinski definition) is 1. The molecule has 0 rings (SSSR count). The normalized spacial score (nSPS) is 13.6. The molecule has 9 heteroatoms. The van der Waals surface area contributed by atoms with E-state index in [1.807, 2.05) is 21.1 Å². The van der Waals surface area contributed by atoms with Gasteiger partial charge in [-0.25, -0.2) is 4.79 Å². The first-order valence-corrected chi connectivity index (χ1v) is 31.7. The molecule has 0 aromatic rings. The second-order valence-corrected chi connectivity index (χ2v) is 22.0. The van der Waals surface area contributed by atoms with Crippen molar-refractivity contribution in [1.29, 1.82) is 0 Å². The third-order valence-electron chi connectivity index (χ3n) is 13.2. The first-order valence-electron chi connectivity index (χ1n) is 31.7. The number of ether oxygens (including phenoxy) is 4. The van der Waals surface area contributed by atoms with E-state index in [-0.39, 0.29) is 32.2 Å². The van der Waals surface area contributed by atoms with Crippen molar-refractivity contribution in [3.8, 4) is 0 Å². The average molecular weight is 1100 g/mol. The van der Waals surface area contributed by atoms with Gasteiger partial charge in [0.25, 0.3) is 6.29 Å². The number of carbonyl (C=O) groups excluding carboxylic acids is 2. The fourth-order valence-electron chi connectivity index (χ4n) is 8.39. The monoisotopic (exact) mass is 1100 g/mol. The molecule has 0 fully saturated rings. The largest absolute Gasteiger partial charge is 0.477 e. The van der Waals surface area contributed by atoms with Gasteiger partial charge in [0.2, 0.25) is 0 Å². The van der Waals surface area contributed by atoms with Crippen LogP contribution in [-0.2, 0) is 33.3 Å². The van der Waals surface area contributed by atoms with Crippen LogP contribution in [0.25, 0.3) is 0 Å². The first kappa shape index (κ1) is 74.7. The van der Waals surface area contributed by atoms with E-state index in [0.717, 1.165) is 109 Å². The van der Waals surface area contributed by atoms with Crippen LogP contribution in [0, 0.1) is 0 Å². The molecule has 79 heavy (non-hydrogen) atoms. The quantitative estimate of drug-likeness (QED) is 0.0211. The van der Waals surface area contributed by atoms with Crippen LogP contribution in [0.1, 0.15) is 245 Å². The Balaban J connectivity index is 4.11. The average Bonchev–Trinajstić information content (AvgIpc) is 3.42. The molecule has 2 unspecified atom stereocenters. The number of hydrogen-bond acceptors (Lipinski definition) is 7. The smallest absolute Gasteiger partial charge is 0.361 e. The van der Waals surface area contributed by atoms with Gasteiger partial charge in [0.1, 0.15) is 13.2 Å². The lowest BCUT2D eigenvalue weighted by Gasteiger charge is -2.25.